The highest BCUT2D eigenvalue weighted by Gasteiger charge is 2.15. The summed E-state index contributed by atoms with van der Waals surface area (Å²) in [5, 5.41) is 0. The van der Waals surface area contributed by atoms with Crippen LogP contribution in [0.3, 0.4) is 0 Å². The molecule has 0 aliphatic carbocycles. The first-order chi connectivity index (χ1) is 6.38. The number of nitrogens with zero attached hydrogens (tertiary/aromatic N) is 1. The summed E-state index contributed by atoms with van der Waals surface area (Å²) in [4.78, 5) is 2.52. The summed E-state index contributed by atoms with van der Waals surface area (Å²) in [5.41, 5.74) is 0. The molecule has 0 unspecified atom stereocenters. The van der Waals surface area contributed by atoms with E-state index in [2.05, 4.69) is 31.0 Å². The minimum Gasteiger partial charge on any atom is -0.374 e. The highest BCUT2D eigenvalue weighted by molar-refractivity contribution is 4.97. The van der Waals surface area contributed by atoms with Gasteiger partial charge in [-0.3, -0.25) is 0 Å². The summed E-state index contributed by atoms with van der Waals surface area (Å²) in [7, 11) is 0. The Morgan fingerprint density at radius 1 is 1.23 bits per heavy atom. The van der Waals surface area contributed by atoms with Gasteiger partial charge in [-0.05, 0) is 25.5 Å². The van der Waals surface area contributed by atoms with Gasteiger partial charge in [-0.25, -0.2) is 0 Å². The summed E-state index contributed by atoms with van der Waals surface area (Å²) < 4.78 is 0. The van der Waals surface area contributed by atoms with Crippen molar-refractivity contribution < 1.29 is 0 Å². The maximum atomic E-state index is 2.52. The van der Waals surface area contributed by atoms with Crippen LogP contribution in [0.4, 0.5) is 0 Å². The van der Waals surface area contributed by atoms with Crippen LogP contribution in [0.15, 0.2) is 12.3 Å². The molecular weight excluding hydrogens is 158 g/mol. The maximum Gasteiger partial charge on any atom is 0.0316 e. The first-order valence-corrected chi connectivity index (χ1v) is 5.80. The zero-order valence-corrected chi connectivity index (χ0v) is 9.13. The average molecular weight is 181 g/mol. The van der Waals surface area contributed by atoms with Crippen molar-refractivity contribution in [2.75, 3.05) is 6.54 Å². The van der Waals surface area contributed by atoms with Gasteiger partial charge in [0.2, 0.25) is 0 Å². The molecule has 1 rings (SSSR count). The van der Waals surface area contributed by atoms with Gasteiger partial charge in [-0.2, -0.15) is 0 Å². The third kappa shape index (κ3) is 3.41. The van der Waals surface area contributed by atoms with E-state index in [4.69, 9.17) is 0 Å². The summed E-state index contributed by atoms with van der Waals surface area (Å²) in [6.45, 7) is 5.83. The van der Waals surface area contributed by atoms with Crippen LogP contribution < -0.4 is 0 Å². The first-order valence-electron chi connectivity index (χ1n) is 5.80. The smallest absolute Gasteiger partial charge is 0.0316 e. The molecule has 0 N–H and O–H groups in total. The first kappa shape index (κ1) is 10.6. The number of hydrogen-bond acceptors (Lipinski definition) is 1. The molecule has 1 aliphatic heterocycles. The summed E-state index contributed by atoms with van der Waals surface area (Å²) in [6.07, 6.45) is 12.7. The second-order valence-electron chi connectivity index (χ2n) is 3.98. The molecule has 0 aromatic rings. The highest BCUT2D eigenvalue weighted by Crippen LogP contribution is 2.17. The van der Waals surface area contributed by atoms with E-state index in [1.54, 1.807) is 0 Å². The Kier molecular flexibility index (Phi) is 4.95. The minimum absolute atomic E-state index is 0.807. The molecule has 1 heteroatoms. The van der Waals surface area contributed by atoms with Crippen molar-refractivity contribution in [1.29, 1.82) is 0 Å². The molecule has 0 bridgehead atoms. The molecule has 0 saturated heterocycles. The van der Waals surface area contributed by atoms with Crippen molar-refractivity contribution in [3.05, 3.63) is 12.3 Å². The Morgan fingerprint density at radius 3 is 2.77 bits per heavy atom. The normalized spacial score (nSPS) is 21.4. The van der Waals surface area contributed by atoms with Gasteiger partial charge in [-0.1, -0.05) is 39.2 Å². The van der Waals surface area contributed by atoms with Crippen LogP contribution >= 0.6 is 0 Å². The van der Waals surface area contributed by atoms with E-state index in [9.17, 15) is 0 Å². The zero-order chi connectivity index (χ0) is 9.52. The van der Waals surface area contributed by atoms with E-state index < -0.39 is 0 Å². The lowest BCUT2D eigenvalue weighted by molar-refractivity contribution is 0.285. The fraction of sp³-hybridized carbons (Fsp3) is 0.833. The molecule has 0 fully saturated rings. The summed E-state index contributed by atoms with van der Waals surface area (Å²) in [6, 6.07) is 0.807. The van der Waals surface area contributed by atoms with Crippen LogP contribution in [0.2, 0.25) is 0 Å². The quantitative estimate of drug-likeness (QED) is 0.566. The zero-order valence-electron chi connectivity index (χ0n) is 9.13. The van der Waals surface area contributed by atoms with Crippen LogP contribution in [-0.2, 0) is 0 Å². The molecule has 0 radical (unpaired) electrons. The van der Waals surface area contributed by atoms with Crippen LogP contribution in [0.5, 0.6) is 0 Å². The van der Waals surface area contributed by atoms with Gasteiger partial charge >= 0.3 is 0 Å². The van der Waals surface area contributed by atoms with Crippen molar-refractivity contribution in [1.82, 2.24) is 4.90 Å². The van der Waals surface area contributed by atoms with E-state index in [1.807, 2.05) is 0 Å². The molecule has 0 spiro atoms. The Bertz CT molecular complexity index is 151. The molecule has 76 valence electrons. The topological polar surface area (TPSA) is 3.24 Å². The van der Waals surface area contributed by atoms with Gasteiger partial charge in [0.15, 0.2) is 0 Å². The molecule has 0 saturated carbocycles. The number of rotatable bonds is 6. The van der Waals surface area contributed by atoms with Crippen LogP contribution in [0.1, 0.15) is 52.4 Å². The lowest BCUT2D eigenvalue weighted by atomic mass is 10.1. The van der Waals surface area contributed by atoms with Gasteiger partial charge < -0.3 is 4.90 Å². The van der Waals surface area contributed by atoms with E-state index in [0.717, 1.165) is 6.04 Å². The average Bonchev–Trinajstić information content (AvgIpc) is 2.60. The van der Waals surface area contributed by atoms with Crippen LogP contribution in [0, 0.1) is 0 Å². The fourth-order valence-electron chi connectivity index (χ4n) is 1.99. The van der Waals surface area contributed by atoms with Gasteiger partial charge in [0.1, 0.15) is 0 Å². The maximum absolute atomic E-state index is 2.52. The summed E-state index contributed by atoms with van der Waals surface area (Å²) in [5.74, 6) is 0. The Balaban J connectivity index is 2.09. The fourth-order valence-corrected chi connectivity index (χ4v) is 1.99. The second-order valence-corrected chi connectivity index (χ2v) is 3.98. The van der Waals surface area contributed by atoms with Crippen LogP contribution in [-0.4, -0.2) is 17.5 Å². The number of hydrogen-bond donors (Lipinski definition) is 0. The Labute approximate surface area is 82.8 Å². The van der Waals surface area contributed by atoms with Crippen LogP contribution in [0.25, 0.3) is 0 Å². The second kappa shape index (κ2) is 6.06. The Hall–Kier alpha value is -0.460. The van der Waals surface area contributed by atoms with Gasteiger partial charge in [0.25, 0.3) is 0 Å². The SMILES string of the molecule is CCCCCCN1C=CC[C@H]1CC. The van der Waals surface area contributed by atoms with E-state index in [0.29, 0.717) is 0 Å². The minimum atomic E-state index is 0.807. The molecular formula is C12H23N. The van der Waals surface area contributed by atoms with Gasteiger partial charge in [-0.15, -0.1) is 0 Å². The predicted octanol–water partition coefficient (Wildman–Crippen LogP) is 3.56. The lowest BCUT2D eigenvalue weighted by Gasteiger charge is -2.24. The molecule has 0 aromatic carbocycles. The van der Waals surface area contributed by atoms with Crippen molar-refractivity contribution in [3.63, 3.8) is 0 Å². The molecule has 1 nitrogen and oxygen atoms in total. The van der Waals surface area contributed by atoms with E-state index in [1.165, 1.54) is 45.1 Å². The van der Waals surface area contributed by atoms with Gasteiger partial charge in [0.05, 0.1) is 0 Å². The lowest BCUT2D eigenvalue weighted by Crippen LogP contribution is -2.26. The largest absolute Gasteiger partial charge is 0.374 e. The Morgan fingerprint density at radius 2 is 2.08 bits per heavy atom. The summed E-state index contributed by atoms with van der Waals surface area (Å²) >= 11 is 0. The standard InChI is InChI=1S/C12H23N/c1-3-5-6-7-10-13-11-8-9-12(13)4-2/h8,11-12H,3-7,9-10H2,1-2H3/t12-/m1/s1. The molecule has 0 aromatic heterocycles. The van der Waals surface area contributed by atoms with Gasteiger partial charge in [0, 0.05) is 12.6 Å². The molecule has 1 heterocycles. The van der Waals surface area contributed by atoms with Crippen molar-refractivity contribution in [2.45, 2.75) is 58.4 Å². The highest BCUT2D eigenvalue weighted by atomic mass is 15.1. The van der Waals surface area contributed by atoms with E-state index in [-0.39, 0.29) is 0 Å². The van der Waals surface area contributed by atoms with Crippen molar-refractivity contribution in [2.24, 2.45) is 0 Å². The molecule has 0 amide bonds. The van der Waals surface area contributed by atoms with Crippen molar-refractivity contribution in [3.8, 4) is 0 Å². The monoisotopic (exact) mass is 181 g/mol. The van der Waals surface area contributed by atoms with Crippen molar-refractivity contribution >= 4 is 0 Å². The number of unbranched alkanes of at least 4 members (excludes halogenated alkanes) is 3. The molecule has 1 aliphatic rings. The third-order valence-corrected chi connectivity index (χ3v) is 2.92. The predicted molar refractivity (Wildman–Crippen MR) is 58.7 cm³/mol. The third-order valence-electron chi connectivity index (χ3n) is 2.92. The van der Waals surface area contributed by atoms with E-state index >= 15 is 0 Å². The molecule has 1 atom stereocenters. The molecule has 13 heavy (non-hydrogen) atoms.